The summed E-state index contributed by atoms with van der Waals surface area (Å²) in [7, 11) is 0. The number of rotatable bonds is 1. The standard InChI is InChI=1S/C11H14N4/c1-7-14-10-9(8-2-4-12-6-8)3-5-13-11(10)15-7/h3,5,8,12H,2,4,6H2,1H3,(H,13,14,15). The molecule has 78 valence electrons. The second kappa shape index (κ2) is 3.31. The predicted octanol–water partition coefficient (Wildman–Crippen LogP) is 1.34. The van der Waals surface area contributed by atoms with Crippen molar-refractivity contribution in [1.82, 2.24) is 20.3 Å². The highest BCUT2D eigenvalue weighted by Gasteiger charge is 2.19. The van der Waals surface area contributed by atoms with Crippen LogP contribution in [0.2, 0.25) is 0 Å². The van der Waals surface area contributed by atoms with E-state index < -0.39 is 0 Å². The van der Waals surface area contributed by atoms with E-state index in [2.05, 4.69) is 26.3 Å². The predicted molar refractivity (Wildman–Crippen MR) is 58.9 cm³/mol. The second-order valence-electron chi connectivity index (χ2n) is 4.11. The van der Waals surface area contributed by atoms with Crippen molar-refractivity contribution in [3.05, 3.63) is 23.7 Å². The third-order valence-electron chi connectivity index (χ3n) is 3.04. The van der Waals surface area contributed by atoms with Crippen LogP contribution in [-0.2, 0) is 0 Å². The number of nitrogens with one attached hydrogen (secondary N) is 2. The zero-order valence-electron chi connectivity index (χ0n) is 8.75. The molecule has 3 rings (SSSR count). The van der Waals surface area contributed by atoms with Crippen LogP contribution in [0.15, 0.2) is 12.3 Å². The van der Waals surface area contributed by atoms with Gasteiger partial charge in [0.1, 0.15) is 5.82 Å². The number of aromatic nitrogens is 3. The molecule has 0 radical (unpaired) electrons. The lowest BCUT2D eigenvalue weighted by atomic mass is 9.99. The summed E-state index contributed by atoms with van der Waals surface area (Å²) in [5, 5.41) is 3.39. The SMILES string of the molecule is Cc1nc2nccc(C3CCNC3)c2[nH]1. The molecule has 1 saturated heterocycles. The van der Waals surface area contributed by atoms with E-state index in [-0.39, 0.29) is 0 Å². The molecule has 0 aliphatic carbocycles. The van der Waals surface area contributed by atoms with Crippen molar-refractivity contribution in [1.29, 1.82) is 0 Å². The van der Waals surface area contributed by atoms with Crippen LogP contribution in [0.5, 0.6) is 0 Å². The lowest BCUT2D eigenvalue weighted by Gasteiger charge is -2.08. The summed E-state index contributed by atoms with van der Waals surface area (Å²) in [6, 6.07) is 2.11. The minimum Gasteiger partial charge on any atom is -0.341 e. The maximum absolute atomic E-state index is 4.36. The Hall–Kier alpha value is -1.42. The normalized spacial score (nSPS) is 21.3. The van der Waals surface area contributed by atoms with Crippen molar-refractivity contribution in [2.75, 3.05) is 13.1 Å². The molecule has 4 heteroatoms. The van der Waals surface area contributed by atoms with Crippen molar-refractivity contribution >= 4 is 11.2 Å². The van der Waals surface area contributed by atoms with E-state index in [1.54, 1.807) is 0 Å². The lowest BCUT2D eigenvalue weighted by Crippen LogP contribution is -2.08. The smallest absolute Gasteiger partial charge is 0.177 e. The Labute approximate surface area is 88.1 Å². The Bertz CT molecular complexity index is 482. The molecule has 3 heterocycles. The summed E-state index contributed by atoms with van der Waals surface area (Å²) < 4.78 is 0. The molecule has 15 heavy (non-hydrogen) atoms. The molecule has 2 N–H and O–H groups in total. The van der Waals surface area contributed by atoms with E-state index >= 15 is 0 Å². The molecular weight excluding hydrogens is 188 g/mol. The zero-order valence-corrected chi connectivity index (χ0v) is 8.75. The monoisotopic (exact) mass is 202 g/mol. The number of fused-ring (bicyclic) bond motifs is 1. The maximum atomic E-state index is 4.36. The van der Waals surface area contributed by atoms with Crippen LogP contribution >= 0.6 is 0 Å². The summed E-state index contributed by atoms with van der Waals surface area (Å²) in [6.07, 6.45) is 3.06. The van der Waals surface area contributed by atoms with Crippen molar-refractivity contribution in [2.45, 2.75) is 19.3 Å². The van der Waals surface area contributed by atoms with Gasteiger partial charge in [0, 0.05) is 12.7 Å². The van der Waals surface area contributed by atoms with Crippen LogP contribution in [0, 0.1) is 6.92 Å². The topological polar surface area (TPSA) is 53.6 Å². The highest BCUT2D eigenvalue weighted by molar-refractivity contribution is 5.75. The summed E-state index contributed by atoms with van der Waals surface area (Å²) in [5.74, 6) is 1.55. The second-order valence-corrected chi connectivity index (χ2v) is 4.11. The van der Waals surface area contributed by atoms with E-state index in [4.69, 9.17) is 0 Å². The van der Waals surface area contributed by atoms with Crippen molar-refractivity contribution in [3.63, 3.8) is 0 Å². The van der Waals surface area contributed by atoms with Gasteiger partial charge in [-0.1, -0.05) is 0 Å². The number of nitrogens with zero attached hydrogens (tertiary/aromatic N) is 2. The number of pyridine rings is 1. The van der Waals surface area contributed by atoms with Gasteiger partial charge < -0.3 is 10.3 Å². The number of aromatic amines is 1. The molecule has 4 nitrogen and oxygen atoms in total. The fourth-order valence-corrected chi connectivity index (χ4v) is 2.31. The molecule has 2 aromatic rings. The molecule has 1 fully saturated rings. The van der Waals surface area contributed by atoms with Crippen LogP contribution in [0.4, 0.5) is 0 Å². The molecule has 1 atom stereocenters. The van der Waals surface area contributed by atoms with Gasteiger partial charge in [0.15, 0.2) is 5.65 Å². The van der Waals surface area contributed by atoms with E-state index in [1.807, 2.05) is 13.1 Å². The summed E-state index contributed by atoms with van der Waals surface area (Å²) in [6.45, 7) is 4.15. The first-order valence-corrected chi connectivity index (χ1v) is 5.36. The Balaban J connectivity index is 2.16. The quantitative estimate of drug-likeness (QED) is 0.733. The van der Waals surface area contributed by atoms with Crippen LogP contribution < -0.4 is 5.32 Å². The van der Waals surface area contributed by atoms with Crippen molar-refractivity contribution in [2.24, 2.45) is 0 Å². The first-order chi connectivity index (χ1) is 7.34. The zero-order chi connectivity index (χ0) is 10.3. The molecule has 0 aromatic carbocycles. The number of hydrogen-bond acceptors (Lipinski definition) is 3. The van der Waals surface area contributed by atoms with Crippen LogP contribution in [-0.4, -0.2) is 28.0 Å². The average Bonchev–Trinajstić information content (AvgIpc) is 2.82. The van der Waals surface area contributed by atoms with E-state index in [1.165, 1.54) is 12.0 Å². The van der Waals surface area contributed by atoms with Gasteiger partial charge in [0.05, 0.1) is 5.52 Å². The summed E-state index contributed by atoms with van der Waals surface area (Å²) in [5.41, 5.74) is 3.31. The van der Waals surface area contributed by atoms with Crippen LogP contribution in [0.3, 0.4) is 0 Å². The molecule has 0 bridgehead atoms. The highest BCUT2D eigenvalue weighted by atomic mass is 15.0. The Kier molecular flexibility index (Phi) is 1.95. The lowest BCUT2D eigenvalue weighted by molar-refractivity contribution is 0.767. The average molecular weight is 202 g/mol. The maximum Gasteiger partial charge on any atom is 0.177 e. The summed E-state index contributed by atoms with van der Waals surface area (Å²) in [4.78, 5) is 11.9. The molecule has 1 unspecified atom stereocenters. The number of aryl methyl sites for hydroxylation is 1. The fraction of sp³-hybridized carbons (Fsp3) is 0.455. The van der Waals surface area contributed by atoms with E-state index in [0.29, 0.717) is 5.92 Å². The Morgan fingerprint density at radius 1 is 1.47 bits per heavy atom. The van der Waals surface area contributed by atoms with Gasteiger partial charge in [0.25, 0.3) is 0 Å². The number of hydrogen-bond donors (Lipinski definition) is 2. The number of H-pyrrole nitrogens is 1. The first-order valence-electron chi connectivity index (χ1n) is 5.36. The van der Waals surface area contributed by atoms with Crippen molar-refractivity contribution in [3.8, 4) is 0 Å². The molecular formula is C11H14N4. The fourth-order valence-electron chi connectivity index (χ4n) is 2.31. The molecule has 0 spiro atoms. The summed E-state index contributed by atoms with van der Waals surface area (Å²) >= 11 is 0. The molecule has 0 amide bonds. The van der Waals surface area contributed by atoms with Crippen LogP contribution in [0.25, 0.3) is 11.2 Å². The van der Waals surface area contributed by atoms with Gasteiger partial charge >= 0.3 is 0 Å². The third-order valence-corrected chi connectivity index (χ3v) is 3.04. The van der Waals surface area contributed by atoms with Gasteiger partial charge in [-0.25, -0.2) is 9.97 Å². The molecule has 2 aromatic heterocycles. The largest absolute Gasteiger partial charge is 0.341 e. The Morgan fingerprint density at radius 3 is 3.20 bits per heavy atom. The van der Waals surface area contributed by atoms with Gasteiger partial charge in [-0.05, 0) is 37.4 Å². The molecule has 1 aliphatic rings. The van der Waals surface area contributed by atoms with Gasteiger partial charge in [0.2, 0.25) is 0 Å². The molecule has 0 saturated carbocycles. The highest BCUT2D eigenvalue weighted by Crippen LogP contribution is 2.27. The molecule has 1 aliphatic heterocycles. The first kappa shape index (κ1) is 8.85. The van der Waals surface area contributed by atoms with E-state index in [9.17, 15) is 0 Å². The Morgan fingerprint density at radius 2 is 2.40 bits per heavy atom. The van der Waals surface area contributed by atoms with Gasteiger partial charge in [-0.3, -0.25) is 0 Å². The van der Waals surface area contributed by atoms with Gasteiger partial charge in [-0.15, -0.1) is 0 Å². The van der Waals surface area contributed by atoms with Gasteiger partial charge in [-0.2, -0.15) is 0 Å². The third kappa shape index (κ3) is 1.41. The number of imidazole rings is 1. The van der Waals surface area contributed by atoms with Crippen LogP contribution in [0.1, 0.15) is 23.7 Å². The minimum atomic E-state index is 0.607. The minimum absolute atomic E-state index is 0.607. The van der Waals surface area contributed by atoms with Crippen molar-refractivity contribution < 1.29 is 0 Å². The van der Waals surface area contributed by atoms with E-state index in [0.717, 1.165) is 30.1 Å².